The molecule has 262 valence electrons. The molecular formula is C50H32N6. The Labute approximate surface area is 322 Å². The maximum Gasteiger partial charge on any atom is 0.238 e. The number of fused-ring (bicyclic) bond motifs is 6. The first kappa shape index (κ1) is 31.8. The molecule has 0 unspecified atom stereocenters. The van der Waals surface area contributed by atoms with Gasteiger partial charge in [0, 0.05) is 49.5 Å². The fourth-order valence-corrected chi connectivity index (χ4v) is 7.97. The van der Waals surface area contributed by atoms with Gasteiger partial charge in [0.1, 0.15) is 0 Å². The molecule has 11 aromatic rings. The van der Waals surface area contributed by atoms with Gasteiger partial charge in [0.2, 0.25) is 5.95 Å². The van der Waals surface area contributed by atoms with Crippen molar-refractivity contribution >= 4 is 43.6 Å². The molecule has 0 bridgehead atoms. The quantitative estimate of drug-likeness (QED) is 0.172. The molecule has 0 aliphatic rings. The lowest BCUT2D eigenvalue weighted by atomic mass is 10.1. The Morgan fingerprint density at radius 1 is 0.286 bits per heavy atom. The van der Waals surface area contributed by atoms with Crippen LogP contribution in [-0.4, -0.2) is 29.1 Å². The lowest BCUT2D eigenvalue weighted by Crippen LogP contribution is -2.06. The highest BCUT2D eigenvalue weighted by Gasteiger charge is 2.21. The van der Waals surface area contributed by atoms with Crippen molar-refractivity contribution in [3.63, 3.8) is 0 Å². The van der Waals surface area contributed by atoms with E-state index in [2.05, 4.69) is 124 Å². The smallest absolute Gasteiger partial charge is 0.238 e. The van der Waals surface area contributed by atoms with Crippen LogP contribution in [-0.2, 0) is 0 Å². The number of nitrogens with zero attached hydrogens (tertiary/aromatic N) is 6. The molecule has 0 atom stereocenters. The zero-order valence-corrected chi connectivity index (χ0v) is 30.2. The molecule has 0 fully saturated rings. The molecule has 6 heteroatoms. The molecule has 0 aliphatic carbocycles. The number of pyridine rings is 1. The van der Waals surface area contributed by atoms with E-state index >= 15 is 0 Å². The molecule has 0 spiro atoms. The lowest BCUT2D eigenvalue weighted by molar-refractivity contribution is 0.954. The third-order valence-electron chi connectivity index (χ3n) is 10.6. The van der Waals surface area contributed by atoms with E-state index < -0.39 is 0 Å². The van der Waals surface area contributed by atoms with Crippen molar-refractivity contribution in [3.05, 3.63) is 194 Å². The van der Waals surface area contributed by atoms with Crippen LogP contribution in [0.25, 0.3) is 101 Å². The van der Waals surface area contributed by atoms with Crippen LogP contribution >= 0.6 is 0 Å². The highest BCUT2D eigenvalue weighted by Crippen LogP contribution is 2.40. The predicted octanol–water partition coefficient (Wildman–Crippen LogP) is 12.1. The van der Waals surface area contributed by atoms with E-state index in [0.29, 0.717) is 17.6 Å². The van der Waals surface area contributed by atoms with E-state index in [0.717, 1.165) is 77.6 Å². The molecule has 6 nitrogen and oxygen atoms in total. The molecule has 4 heterocycles. The first-order chi connectivity index (χ1) is 27.8. The van der Waals surface area contributed by atoms with Gasteiger partial charge in [-0.2, -0.15) is 9.97 Å². The second kappa shape index (κ2) is 13.0. The van der Waals surface area contributed by atoms with Crippen LogP contribution in [0.15, 0.2) is 194 Å². The zero-order valence-electron chi connectivity index (χ0n) is 30.2. The van der Waals surface area contributed by atoms with Crippen molar-refractivity contribution in [2.24, 2.45) is 0 Å². The maximum atomic E-state index is 5.15. The Kier molecular flexibility index (Phi) is 7.38. The molecule has 0 saturated heterocycles. The Balaban J connectivity index is 1.11. The van der Waals surface area contributed by atoms with E-state index in [1.165, 1.54) is 5.39 Å². The molecule has 0 radical (unpaired) electrons. The average Bonchev–Trinajstić information content (AvgIpc) is 3.78. The standard InChI is InChI=1S/C50H32N6/c1-4-15-33(16-5-1)42-23-14-24-43(51-42)34-27-29-37(30-28-34)55-44-25-12-10-21-38(44)40-32-47-41(31-46(40)55)39-22-11-13-26-45(39)56(47)50-53-48(35-17-6-2-7-18-35)52-49(54-50)36-19-8-3-9-20-36/h1-32H. The summed E-state index contributed by atoms with van der Waals surface area (Å²) in [6, 6.07) is 67.4. The molecular weight excluding hydrogens is 685 g/mol. The van der Waals surface area contributed by atoms with Crippen molar-refractivity contribution in [1.29, 1.82) is 0 Å². The van der Waals surface area contributed by atoms with Crippen molar-refractivity contribution in [1.82, 2.24) is 29.1 Å². The number of rotatable bonds is 6. The van der Waals surface area contributed by atoms with Gasteiger partial charge in [-0.1, -0.05) is 146 Å². The zero-order chi connectivity index (χ0) is 37.0. The largest absolute Gasteiger partial charge is 0.309 e. The van der Waals surface area contributed by atoms with Crippen molar-refractivity contribution in [2.45, 2.75) is 0 Å². The lowest BCUT2D eigenvalue weighted by Gasteiger charge is -2.11. The number of hydrogen-bond donors (Lipinski definition) is 0. The van der Waals surface area contributed by atoms with Crippen LogP contribution < -0.4 is 0 Å². The normalized spacial score (nSPS) is 11.6. The summed E-state index contributed by atoms with van der Waals surface area (Å²) < 4.78 is 4.57. The SMILES string of the molecule is c1ccc(-c2cccc(-c3ccc(-n4c5ccccc5c5cc6c(cc54)c4ccccc4n6-c4nc(-c5ccccc5)nc(-c5ccccc5)n4)cc3)n2)cc1. The van der Waals surface area contributed by atoms with Gasteiger partial charge in [-0.3, -0.25) is 4.57 Å². The summed E-state index contributed by atoms with van der Waals surface area (Å²) in [4.78, 5) is 20.3. The molecule has 0 aliphatic heterocycles. The van der Waals surface area contributed by atoms with Crippen LogP contribution in [0.2, 0.25) is 0 Å². The van der Waals surface area contributed by atoms with Crippen molar-refractivity contribution in [3.8, 4) is 56.9 Å². The second-order valence-electron chi connectivity index (χ2n) is 13.9. The van der Waals surface area contributed by atoms with E-state index in [4.69, 9.17) is 19.9 Å². The minimum atomic E-state index is 0.576. The minimum absolute atomic E-state index is 0.576. The van der Waals surface area contributed by atoms with Gasteiger partial charge in [0.25, 0.3) is 0 Å². The maximum absolute atomic E-state index is 5.15. The second-order valence-corrected chi connectivity index (χ2v) is 13.9. The summed E-state index contributed by atoms with van der Waals surface area (Å²) >= 11 is 0. The van der Waals surface area contributed by atoms with Gasteiger partial charge in [0.05, 0.1) is 33.5 Å². The summed E-state index contributed by atoms with van der Waals surface area (Å²) in [5, 5.41) is 4.58. The van der Waals surface area contributed by atoms with E-state index in [1.54, 1.807) is 0 Å². The minimum Gasteiger partial charge on any atom is -0.309 e. The monoisotopic (exact) mass is 716 g/mol. The molecule has 0 amide bonds. The Morgan fingerprint density at radius 3 is 1.29 bits per heavy atom. The predicted molar refractivity (Wildman–Crippen MR) is 228 cm³/mol. The van der Waals surface area contributed by atoms with E-state index in [-0.39, 0.29) is 0 Å². The van der Waals surface area contributed by atoms with Crippen LogP contribution in [0.3, 0.4) is 0 Å². The summed E-state index contributed by atoms with van der Waals surface area (Å²) in [7, 11) is 0. The summed E-state index contributed by atoms with van der Waals surface area (Å²) in [5.41, 5.74) is 11.4. The third-order valence-corrected chi connectivity index (χ3v) is 10.6. The molecule has 0 saturated carbocycles. The summed E-state index contributed by atoms with van der Waals surface area (Å²) in [6.45, 7) is 0. The van der Waals surface area contributed by atoms with E-state index in [9.17, 15) is 0 Å². The number of aromatic nitrogens is 6. The van der Waals surface area contributed by atoms with Gasteiger partial charge >= 0.3 is 0 Å². The Morgan fingerprint density at radius 2 is 0.732 bits per heavy atom. The van der Waals surface area contributed by atoms with Crippen molar-refractivity contribution in [2.75, 3.05) is 0 Å². The van der Waals surface area contributed by atoms with Gasteiger partial charge in [0.15, 0.2) is 11.6 Å². The Hall–Kier alpha value is -7.70. The first-order valence-electron chi connectivity index (χ1n) is 18.7. The molecule has 0 N–H and O–H groups in total. The third kappa shape index (κ3) is 5.27. The fraction of sp³-hybridized carbons (Fsp3) is 0. The van der Waals surface area contributed by atoms with Gasteiger partial charge in [-0.05, 0) is 48.5 Å². The highest BCUT2D eigenvalue weighted by atomic mass is 15.2. The molecule has 56 heavy (non-hydrogen) atoms. The van der Waals surface area contributed by atoms with Crippen molar-refractivity contribution < 1.29 is 0 Å². The number of hydrogen-bond acceptors (Lipinski definition) is 4. The average molecular weight is 717 g/mol. The molecule has 4 aromatic heterocycles. The van der Waals surface area contributed by atoms with E-state index in [1.807, 2.05) is 78.9 Å². The highest BCUT2D eigenvalue weighted by molar-refractivity contribution is 6.19. The summed E-state index contributed by atoms with van der Waals surface area (Å²) in [5.74, 6) is 1.83. The number of benzene rings is 7. The molecule has 11 rings (SSSR count). The van der Waals surface area contributed by atoms with Crippen LogP contribution in [0.4, 0.5) is 0 Å². The topological polar surface area (TPSA) is 61.4 Å². The van der Waals surface area contributed by atoms with Gasteiger partial charge in [-0.25, -0.2) is 9.97 Å². The Bertz CT molecular complexity index is 3160. The van der Waals surface area contributed by atoms with Crippen LogP contribution in [0.5, 0.6) is 0 Å². The summed E-state index contributed by atoms with van der Waals surface area (Å²) in [6.07, 6.45) is 0. The van der Waals surface area contributed by atoms with Gasteiger partial charge in [-0.15, -0.1) is 0 Å². The van der Waals surface area contributed by atoms with Crippen LogP contribution in [0, 0.1) is 0 Å². The molecule has 7 aromatic carbocycles. The van der Waals surface area contributed by atoms with Gasteiger partial charge < -0.3 is 4.57 Å². The van der Waals surface area contributed by atoms with Crippen LogP contribution in [0.1, 0.15) is 0 Å². The first-order valence-corrected chi connectivity index (χ1v) is 18.7. The fourth-order valence-electron chi connectivity index (χ4n) is 7.97. The number of para-hydroxylation sites is 2.